The van der Waals surface area contributed by atoms with Gasteiger partial charge in [-0.1, -0.05) is 182 Å². The third-order valence-electron chi connectivity index (χ3n) is 15.7. The number of carbonyl (C=O) groups excluding carboxylic acids is 4. The van der Waals surface area contributed by atoms with Gasteiger partial charge in [0.15, 0.2) is 0 Å². The molecule has 0 saturated carbocycles. The summed E-state index contributed by atoms with van der Waals surface area (Å²) < 4.78 is 0. The van der Waals surface area contributed by atoms with Gasteiger partial charge in [0.05, 0.1) is 11.4 Å². The molecule has 4 amide bonds. The minimum absolute atomic E-state index is 0.0913. The van der Waals surface area contributed by atoms with E-state index in [4.69, 9.17) is 0 Å². The van der Waals surface area contributed by atoms with Crippen LogP contribution in [0.3, 0.4) is 0 Å². The molecule has 2 heterocycles. The van der Waals surface area contributed by atoms with Crippen LogP contribution in [0, 0.1) is 0 Å². The molecule has 6 nitrogen and oxygen atoms in total. The van der Waals surface area contributed by atoms with Crippen molar-refractivity contribution in [3.8, 4) is 0 Å². The van der Waals surface area contributed by atoms with Crippen LogP contribution in [0.2, 0.25) is 0 Å². The average Bonchev–Trinajstić information content (AvgIpc) is 3.34. The standard InChI is InChI=1S/C64H74N2O4/c1-11-13-15-17-19-21-23-41-33-51(37(3)4)59(52(34-41)38(5)6)65-61(67)47-29-25-43-45-27-31-49-58-50(32-28-46(56(45)58)44-26-30-48(62(65)68)57(47)55(43)44)64(70)66(63(49)69)60-53(39(7)8)35-42(36-54(60)40(9)10)24-22-20-18-16-14-12-2/h25-40H,11-24H2,1-10H3. The molecule has 0 radical (unpaired) electrons. The number of unbranched alkanes of at least 4 members (excludes halogenated alkanes) is 10. The fourth-order valence-corrected chi connectivity index (χ4v) is 11.9. The first-order valence-corrected chi connectivity index (χ1v) is 27.0. The second-order valence-electron chi connectivity index (χ2n) is 21.9. The zero-order valence-electron chi connectivity index (χ0n) is 43.7. The largest absolute Gasteiger partial charge is 0.268 e. The lowest BCUT2D eigenvalue weighted by Gasteiger charge is -2.34. The Kier molecular flexibility index (Phi) is 14.1. The van der Waals surface area contributed by atoms with E-state index < -0.39 is 0 Å². The number of amides is 4. The second-order valence-corrected chi connectivity index (χ2v) is 21.9. The van der Waals surface area contributed by atoms with Crippen LogP contribution in [-0.2, 0) is 12.8 Å². The number of imide groups is 2. The first-order valence-electron chi connectivity index (χ1n) is 27.0. The maximum Gasteiger partial charge on any atom is 0.266 e. The zero-order valence-corrected chi connectivity index (χ0v) is 43.7. The van der Waals surface area contributed by atoms with E-state index in [1.54, 1.807) is 0 Å². The molecule has 0 spiro atoms. The summed E-state index contributed by atoms with van der Waals surface area (Å²) in [5.41, 5.74) is 10.1. The predicted molar refractivity (Wildman–Crippen MR) is 293 cm³/mol. The molecule has 9 rings (SSSR count). The zero-order chi connectivity index (χ0) is 49.7. The molecule has 0 bridgehead atoms. The molecule has 0 aromatic heterocycles. The van der Waals surface area contributed by atoms with E-state index in [0.29, 0.717) is 33.0 Å². The van der Waals surface area contributed by atoms with Crippen molar-refractivity contribution in [3.63, 3.8) is 0 Å². The normalized spacial score (nSPS) is 14.1. The van der Waals surface area contributed by atoms with Crippen LogP contribution >= 0.6 is 0 Å². The molecule has 70 heavy (non-hydrogen) atoms. The molecule has 0 N–H and O–H groups in total. The number of aryl methyl sites for hydroxylation is 2. The van der Waals surface area contributed by atoms with E-state index in [9.17, 15) is 0 Å². The maximum absolute atomic E-state index is 15.1. The number of nitrogens with zero attached hydrogens (tertiary/aromatic N) is 2. The molecule has 2 aliphatic rings. The van der Waals surface area contributed by atoms with E-state index in [0.717, 1.165) is 91.6 Å². The number of hydrogen-bond acceptors (Lipinski definition) is 4. The van der Waals surface area contributed by atoms with Gasteiger partial charge in [0.1, 0.15) is 0 Å². The summed E-state index contributed by atoms with van der Waals surface area (Å²) in [6.07, 6.45) is 16.7. The minimum atomic E-state index is -0.307. The van der Waals surface area contributed by atoms with Crippen molar-refractivity contribution in [2.75, 3.05) is 9.80 Å². The van der Waals surface area contributed by atoms with Gasteiger partial charge in [-0.25, -0.2) is 9.80 Å². The average molecular weight is 935 g/mol. The first kappa shape index (κ1) is 49.1. The smallest absolute Gasteiger partial charge is 0.266 e. The molecule has 0 fully saturated rings. The molecule has 0 aliphatic carbocycles. The van der Waals surface area contributed by atoms with Gasteiger partial charge in [-0.2, -0.15) is 0 Å². The van der Waals surface area contributed by atoms with Crippen LogP contribution in [0.4, 0.5) is 11.4 Å². The third-order valence-corrected chi connectivity index (χ3v) is 15.7. The number of anilines is 2. The highest BCUT2D eigenvalue weighted by atomic mass is 16.2. The van der Waals surface area contributed by atoms with Gasteiger partial charge < -0.3 is 0 Å². The molecule has 0 unspecified atom stereocenters. The Bertz CT molecular complexity index is 2800. The van der Waals surface area contributed by atoms with E-state index in [-0.39, 0.29) is 47.3 Å². The van der Waals surface area contributed by atoms with Gasteiger partial charge in [0.2, 0.25) is 0 Å². The molecular weight excluding hydrogens is 861 g/mol. The topological polar surface area (TPSA) is 74.8 Å². The van der Waals surface area contributed by atoms with Gasteiger partial charge >= 0.3 is 0 Å². The Labute approximate surface area is 416 Å². The first-order chi connectivity index (χ1) is 33.7. The van der Waals surface area contributed by atoms with Crippen LogP contribution in [0.5, 0.6) is 0 Å². The van der Waals surface area contributed by atoms with E-state index in [1.807, 2.05) is 48.5 Å². The summed E-state index contributed by atoms with van der Waals surface area (Å²) in [6.45, 7) is 21.7. The Balaban J connectivity index is 1.13. The summed E-state index contributed by atoms with van der Waals surface area (Å²) in [7, 11) is 0. The molecule has 7 aromatic rings. The quantitative estimate of drug-likeness (QED) is 0.0330. The molecule has 0 saturated heterocycles. The summed E-state index contributed by atoms with van der Waals surface area (Å²) in [5.74, 6) is -0.865. The van der Waals surface area contributed by atoms with Crippen LogP contribution in [0.15, 0.2) is 72.8 Å². The Morgan fingerprint density at radius 2 is 0.600 bits per heavy atom. The van der Waals surface area contributed by atoms with Crippen molar-refractivity contribution >= 4 is 78.1 Å². The van der Waals surface area contributed by atoms with Crippen LogP contribution in [0.1, 0.15) is 245 Å². The molecule has 2 aliphatic heterocycles. The molecule has 0 atom stereocenters. The van der Waals surface area contributed by atoms with Crippen LogP contribution in [-0.4, -0.2) is 23.6 Å². The van der Waals surface area contributed by atoms with Crippen molar-refractivity contribution in [2.24, 2.45) is 0 Å². The summed E-state index contributed by atoms with van der Waals surface area (Å²) >= 11 is 0. The third kappa shape index (κ3) is 8.41. The van der Waals surface area contributed by atoms with Gasteiger partial charge in [-0.05, 0) is 139 Å². The minimum Gasteiger partial charge on any atom is -0.268 e. The fraction of sp³-hybridized carbons (Fsp3) is 0.438. The van der Waals surface area contributed by atoms with E-state index in [1.165, 1.54) is 85.1 Å². The second kappa shape index (κ2) is 20.1. The van der Waals surface area contributed by atoms with Crippen LogP contribution in [0.25, 0.3) is 43.1 Å². The molecular formula is C64H74N2O4. The van der Waals surface area contributed by atoms with E-state index >= 15 is 19.2 Å². The fourth-order valence-electron chi connectivity index (χ4n) is 11.9. The number of rotatable bonds is 20. The van der Waals surface area contributed by atoms with Gasteiger partial charge in [0.25, 0.3) is 23.6 Å². The van der Waals surface area contributed by atoms with Crippen LogP contribution < -0.4 is 9.80 Å². The highest BCUT2D eigenvalue weighted by Crippen LogP contribution is 2.49. The van der Waals surface area contributed by atoms with Crippen molar-refractivity contribution in [1.82, 2.24) is 0 Å². The van der Waals surface area contributed by atoms with E-state index in [2.05, 4.69) is 93.5 Å². The lowest BCUT2D eigenvalue weighted by Crippen LogP contribution is -2.42. The highest BCUT2D eigenvalue weighted by molar-refractivity contribution is 6.45. The SMILES string of the molecule is CCCCCCCCc1cc(C(C)C)c(N2C(=O)c3ccc4c5ccc6c7c(ccc(c8ccc(c3c48)C2=O)c75)C(=O)N(c2c(C(C)C)cc(CCCCCCCC)cc2C(C)C)C6=O)c(C(C)C)c1. The lowest BCUT2D eigenvalue weighted by molar-refractivity contribution is 0.0877. The lowest BCUT2D eigenvalue weighted by atomic mass is 9.81. The number of carbonyl (C=O) groups is 4. The molecule has 7 aromatic carbocycles. The van der Waals surface area contributed by atoms with Gasteiger partial charge in [-0.3, -0.25) is 19.2 Å². The Morgan fingerprint density at radius 3 is 0.857 bits per heavy atom. The number of benzene rings is 7. The summed E-state index contributed by atoms with van der Waals surface area (Å²) in [4.78, 5) is 63.5. The highest BCUT2D eigenvalue weighted by Gasteiger charge is 2.41. The maximum atomic E-state index is 15.1. The van der Waals surface area contributed by atoms with Crippen molar-refractivity contribution in [1.29, 1.82) is 0 Å². The molecule has 364 valence electrons. The monoisotopic (exact) mass is 935 g/mol. The summed E-state index contributed by atoms with van der Waals surface area (Å²) in [5, 5.41) is 6.59. The van der Waals surface area contributed by atoms with Crippen molar-refractivity contribution in [3.05, 3.63) is 128 Å². The number of hydrogen-bond donors (Lipinski definition) is 0. The van der Waals surface area contributed by atoms with Gasteiger partial charge in [-0.15, -0.1) is 0 Å². The van der Waals surface area contributed by atoms with Gasteiger partial charge in [0, 0.05) is 33.0 Å². The summed E-state index contributed by atoms with van der Waals surface area (Å²) in [6, 6.07) is 24.6. The molecule has 6 heteroatoms. The Morgan fingerprint density at radius 1 is 0.343 bits per heavy atom. The van der Waals surface area contributed by atoms with Crippen molar-refractivity contribution < 1.29 is 19.2 Å². The predicted octanol–water partition coefficient (Wildman–Crippen LogP) is 17.6. The van der Waals surface area contributed by atoms with Crippen molar-refractivity contribution in [2.45, 2.75) is 183 Å². The number of fused-ring (bicyclic) bond motifs is 2. The Hall–Kier alpha value is -5.88.